The number of aromatic nitrogens is 1. The quantitative estimate of drug-likeness (QED) is 0.470. The summed E-state index contributed by atoms with van der Waals surface area (Å²) in [6.45, 7) is 0.792. The van der Waals surface area contributed by atoms with E-state index in [0.717, 1.165) is 37.7 Å². The second-order valence-corrected chi connectivity index (χ2v) is 10.3. The predicted octanol–water partition coefficient (Wildman–Crippen LogP) is 6.95. The molecule has 6 rings (SSSR count). The Morgan fingerprint density at radius 3 is 2.62 bits per heavy atom. The van der Waals surface area contributed by atoms with Crippen LogP contribution in [-0.4, -0.2) is 16.0 Å². The molecular weight excluding hydrogens is 418 g/mol. The molecule has 0 atom stereocenters. The van der Waals surface area contributed by atoms with E-state index in [2.05, 4.69) is 64.5 Å². The Balaban J connectivity index is 1.50. The average Bonchev–Trinajstić information content (AvgIpc) is 3.42. The van der Waals surface area contributed by atoms with E-state index in [1.807, 2.05) is 6.07 Å². The molecule has 2 saturated carbocycles. The van der Waals surface area contributed by atoms with Gasteiger partial charge in [-0.25, -0.2) is 0 Å². The van der Waals surface area contributed by atoms with Gasteiger partial charge in [0.15, 0.2) is 0 Å². The van der Waals surface area contributed by atoms with Gasteiger partial charge in [-0.1, -0.05) is 61.7 Å². The van der Waals surface area contributed by atoms with E-state index in [-0.39, 0.29) is 5.91 Å². The summed E-state index contributed by atoms with van der Waals surface area (Å²) in [5.41, 5.74) is 6.39. The molecule has 4 nitrogen and oxygen atoms in total. The number of carbonyl (C=O) groups is 1. The number of nitrogens with one attached hydrogen (secondary N) is 1. The minimum absolute atomic E-state index is 0.135. The highest BCUT2D eigenvalue weighted by atomic mass is 16.1. The van der Waals surface area contributed by atoms with Crippen molar-refractivity contribution in [3.63, 3.8) is 0 Å². The lowest BCUT2D eigenvalue weighted by molar-refractivity contribution is 0.0921. The van der Waals surface area contributed by atoms with Crippen molar-refractivity contribution in [3.05, 3.63) is 65.2 Å². The molecular formula is C30H31N3O. The Labute approximate surface area is 201 Å². The molecule has 1 amide bonds. The monoisotopic (exact) mass is 449 g/mol. The van der Waals surface area contributed by atoms with Crippen molar-refractivity contribution in [3.8, 4) is 17.3 Å². The van der Waals surface area contributed by atoms with Gasteiger partial charge in [0, 0.05) is 28.6 Å². The Kier molecular flexibility index (Phi) is 5.29. The second-order valence-electron chi connectivity index (χ2n) is 10.3. The number of hydrogen-bond acceptors (Lipinski definition) is 2. The summed E-state index contributed by atoms with van der Waals surface area (Å²) >= 11 is 0. The zero-order valence-electron chi connectivity index (χ0n) is 19.6. The highest BCUT2D eigenvalue weighted by Gasteiger charge is 2.36. The van der Waals surface area contributed by atoms with Crippen LogP contribution in [0, 0.1) is 11.3 Å². The molecule has 2 aromatic carbocycles. The van der Waals surface area contributed by atoms with Gasteiger partial charge in [-0.3, -0.25) is 4.79 Å². The Morgan fingerprint density at radius 2 is 1.82 bits per heavy atom. The zero-order chi connectivity index (χ0) is 23.1. The first kappa shape index (κ1) is 21.2. The number of nitriles is 1. The van der Waals surface area contributed by atoms with E-state index >= 15 is 0 Å². The highest BCUT2D eigenvalue weighted by Crippen LogP contribution is 2.46. The molecule has 1 aliphatic heterocycles. The van der Waals surface area contributed by atoms with Gasteiger partial charge in [-0.15, -0.1) is 0 Å². The molecule has 2 aliphatic carbocycles. The Bertz CT molecular complexity index is 1330. The molecule has 0 bridgehead atoms. The van der Waals surface area contributed by atoms with Crippen LogP contribution in [0.3, 0.4) is 0 Å². The fourth-order valence-electron chi connectivity index (χ4n) is 6.48. The maximum atomic E-state index is 13.3. The van der Waals surface area contributed by atoms with Gasteiger partial charge in [0.25, 0.3) is 5.91 Å². The van der Waals surface area contributed by atoms with E-state index in [9.17, 15) is 10.1 Å². The van der Waals surface area contributed by atoms with Crippen LogP contribution < -0.4 is 5.32 Å². The molecule has 1 N–H and O–H groups in total. The fraction of sp³-hybridized carbons (Fsp3) is 0.400. The van der Waals surface area contributed by atoms with E-state index in [1.165, 1.54) is 59.9 Å². The lowest BCUT2D eigenvalue weighted by atomic mass is 9.81. The average molecular weight is 450 g/mol. The number of nitrogens with zero attached hydrogens (tertiary/aromatic N) is 2. The number of amides is 1. The summed E-state index contributed by atoms with van der Waals surface area (Å²) in [5.74, 6) is 0.420. The standard InChI is InChI=1S/C30H31N3O/c31-20-30(16-6-7-17-30)32-29(34)23-14-15-25-26(19-23)33-18-8-12-21-9-4-5-13-24(21)28(33)27(25)22-10-2-1-3-11-22/h4-5,8-9,12-15,19,22H,1-3,6-7,10-11,16-18H2,(H,32,34). The first-order valence-corrected chi connectivity index (χ1v) is 12.8. The Hall–Kier alpha value is -3.32. The lowest BCUT2D eigenvalue weighted by Crippen LogP contribution is -2.45. The molecule has 0 spiro atoms. The summed E-state index contributed by atoms with van der Waals surface area (Å²) in [4.78, 5) is 13.3. The summed E-state index contributed by atoms with van der Waals surface area (Å²) < 4.78 is 2.41. The first-order valence-electron chi connectivity index (χ1n) is 12.8. The van der Waals surface area contributed by atoms with E-state index in [0.29, 0.717) is 11.5 Å². The maximum Gasteiger partial charge on any atom is 0.252 e. The summed E-state index contributed by atoms with van der Waals surface area (Å²) in [5, 5.41) is 14.1. The normalized spacial score (nSPS) is 19.3. The van der Waals surface area contributed by atoms with Gasteiger partial charge >= 0.3 is 0 Å². The molecule has 0 unspecified atom stereocenters. The fourth-order valence-corrected chi connectivity index (χ4v) is 6.48. The Morgan fingerprint density at radius 1 is 1.03 bits per heavy atom. The number of allylic oxidation sites excluding steroid dienone is 1. The van der Waals surface area contributed by atoms with Crippen molar-refractivity contribution in [1.29, 1.82) is 5.26 Å². The van der Waals surface area contributed by atoms with Crippen molar-refractivity contribution in [1.82, 2.24) is 9.88 Å². The van der Waals surface area contributed by atoms with Crippen molar-refractivity contribution >= 4 is 22.9 Å². The van der Waals surface area contributed by atoms with Crippen LogP contribution in [0.4, 0.5) is 0 Å². The molecule has 3 aromatic rings. The van der Waals surface area contributed by atoms with Crippen molar-refractivity contribution in [2.75, 3.05) is 0 Å². The number of hydrogen-bond donors (Lipinski definition) is 1. The third-order valence-corrected chi connectivity index (χ3v) is 8.20. The van der Waals surface area contributed by atoms with Crippen LogP contribution >= 0.6 is 0 Å². The minimum atomic E-state index is -0.711. The number of fused-ring (bicyclic) bond motifs is 5. The molecule has 2 fully saturated rings. The van der Waals surface area contributed by atoms with Crippen LogP contribution in [0.15, 0.2) is 48.5 Å². The molecule has 4 heteroatoms. The van der Waals surface area contributed by atoms with Crippen molar-refractivity contribution in [2.45, 2.75) is 75.8 Å². The third kappa shape index (κ3) is 3.46. The highest BCUT2D eigenvalue weighted by molar-refractivity contribution is 6.01. The predicted molar refractivity (Wildman–Crippen MR) is 137 cm³/mol. The smallest absolute Gasteiger partial charge is 0.252 e. The lowest BCUT2D eigenvalue weighted by Gasteiger charge is -2.24. The SMILES string of the molecule is N#CC1(NC(=O)c2ccc3c(C4CCCCC4)c4n(c3c2)CC=Cc2ccccc2-4)CCCC1. The van der Waals surface area contributed by atoms with Crippen molar-refractivity contribution < 1.29 is 4.79 Å². The molecule has 172 valence electrons. The van der Waals surface area contributed by atoms with E-state index in [4.69, 9.17) is 0 Å². The van der Waals surface area contributed by atoms with E-state index < -0.39 is 5.54 Å². The van der Waals surface area contributed by atoms with Gasteiger partial charge in [0.2, 0.25) is 0 Å². The second kappa shape index (κ2) is 8.47. The van der Waals surface area contributed by atoms with Gasteiger partial charge in [0.1, 0.15) is 5.54 Å². The van der Waals surface area contributed by atoms with Crippen molar-refractivity contribution in [2.24, 2.45) is 0 Å². The largest absolute Gasteiger partial charge is 0.336 e. The van der Waals surface area contributed by atoms with Crippen LogP contribution in [0.2, 0.25) is 0 Å². The van der Waals surface area contributed by atoms with Crippen LogP contribution in [0.5, 0.6) is 0 Å². The van der Waals surface area contributed by atoms with Gasteiger partial charge < -0.3 is 9.88 Å². The topological polar surface area (TPSA) is 57.8 Å². The van der Waals surface area contributed by atoms with Gasteiger partial charge in [0.05, 0.1) is 11.8 Å². The molecule has 1 aromatic heterocycles. The summed E-state index contributed by atoms with van der Waals surface area (Å²) in [6.07, 6.45) is 14.3. The van der Waals surface area contributed by atoms with Crippen LogP contribution in [0.25, 0.3) is 28.2 Å². The van der Waals surface area contributed by atoms with E-state index in [1.54, 1.807) is 0 Å². The minimum Gasteiger partial charge on any atom is -0.336 e. The summed E-state index contributed by atoms with van der Waals surface area (Å²) in [7, 11) is 0. The number of benzene rings is 2. The number of carbonyl (C=O) groups excluding carboxylic acids is 1. The molecule has 2 heterocycles. The number of rotatable bonds is 3. The molecule has 34 heavy (non-hydrogen) atoms. The molecule has 0 saturated heterocycles. The van der Waals surface area contributed by atoms with Crippen LogP contribution in [-0.2, 0) is 6.54 Å². The van der Waals surface area contributed by atoms with Crippen LogP contribution in [0.1, 0.15) is 85.2 Å². The molecule has 3 aliphatic rings. The molecule has 0 radical (unpaired) electrons. The first-order chi connectivity index (χ1) is 16.7. The summed E-state index contributed by atoms with van der Waals surface area (Å²) in [6, 6.07) is 17.3. The van der Waals surface area contributed by atoms with Gasteiger partial charge in [-0.2, -0.15) is 5.26 Å². The third-order valence-electron chi connectivity index (χ3n) is 8.20. The zero-order valence-corrected chi connectivity index (χ0v) is 19.6. The van der Waals surface area contributed by atoms with Gasteiger partial charge in [-0.05, 0) is 67.7 Å². The maximum absolute atomic E-state index is 13.3.